The van der Waals surface area contributed by atoms with Crippen LogP contribution in [0.1, 0.15) is 16.8 Å². The Morgan fingerprint density at radius 3 is 2.44 bits per heavy atom. The summed E-state index contributed by atoms with van der Waals surface area (Å²) in [5, 5.41) is 11.0. The van der Waals surface area contributed by atoms with E-state index in [-0.39, 0.29) is 6.42 Å². The standard InChI is InChI=1S/C12H14N2O4/c13-10(12(17)18)6-9(7-15)14-11(16)8-4-2-1-3-5-8/h1-5,7,9-10H,6,13H2,(H,14,16)(H,17,18). The SMILES string of the molecule is NC(CC(C=O)NC(=O)c1ccccc1)C(=O)O. The van der Waals surface area contributed by atoms with Crippen LogP contribution in [0.3, 0.4) is 0 Å². The average molecular weight is 250 g/mol. The van der Waals surface area contributed by atoms with Gasteiger partial charge in [0.2, 0.25) is 0 Å². The number of carboxylic acid groups (broad SMARTS) is 1. The molecule has 0 bridgehead atoms. The van der Waals surface area contributed by atoms with Gasteiger partial charge >= 0.3 is 5.97 Å². The maximum Gasteiger partial charge on any atom is 0.320 e. The van der Waals surface area contributed by atoms with Gasteiger partial charge in [-0.1, -0.05) is 18.2 Å². The lowest BCUT2D eigenvalue weighted by atomic mass is 10.1. The Morgan fingerprint density at radius 2 is 1.94 bits per heavy atom. The van der Waals surface area contributed by atoms with Crippen molar-refractivity contribution >= 4 is 18.2 Å². The highest BCUT2D eigenvalue weighted by atomic mass is 16.4. The van der Waals surface area contributed by atoms with Crippen molar-refractivity contribution in [2.75, 3.05) is 0 Å². The van der Waals surface area contributed by atoms with Gasteiger partial charge in [0.25, 0.3) is 5.91 Å². The molecule has 2 unspecified atom stereocenters. The van der Waals surface area contributed by atoms with Crippen LogP contribution in [0.2, 0.25) is 0 Å². The number of benzene rings is 1. The van der Waals surface area contributed by atoms with E-state index in [2.05, 4.69) is 5.32 Å². The molecule has 0 fully saturated rings. The molecular formula is C12H14N2O4. The number of hydrogen-bond acceptors (Lipinski definition) is 4. The van der Waals surface area contributed by atoms with Crippen LogP contribution in [0, 0.1) is 0 Å². The Hall–Kier alpha value is -2.21. The van der Waals surface area contributed by atoms with Crippen LogP contribution in [0.15, 0.2) is 30.3 Å². The van der Waals surface area contributed by atoms with E-state index in [4.69, 9.17) is 10.8 Å². The number of aldehydes is 1. The summed E-state index contributed by atoms with van der Waals surface area (Å²) in [7, 11) is 0. The summed E-state index contributed by atoms with van der Waals surface area (Å²) in [6, 6.07) is 6.22. The minimum atomic E-state index is -1.21. The summed E-state index contributed by atoms with van der Waals surface area (Å²) in [4.78, 5) is 33.0. The first-order chi connectivity index (χ1) is 8.54. The minimum absolute atomic E-state index is 0.141. The molecule has 4 N–H and O–H groups in total. The molecule has 0 radical (unpaired) electrons. The van der Waals surface area contributed by atoms with Crippen molar-refractivity contribution < 1.29 is 19.5 Å². The highest BCUT2D eigenvalue weighted by molar-refractivity contribution is 5.95. The quantitative estimate of drug-likeness (QED) is 0.605. The molecular weight excluding hydrogens is 236 g/mol. The van der Waals surface area contributed by atoms with E-state index in [0.717, 1.165) is 0 Å². The zero-order valence-electron chi connectivity index (χ0n) is 9.58. The Morgan fingerprint density at radius 1 is 1.33 bits per heavy atom. The summed E-state index contributed by atoms with van der Waals surface area (Å²) >= 11 is 0. The highest BCUT2D eigenvalue weighted by Gasteiger charge is 2.20. The third kappa shape index (κ3) is 3.99. The maximum absolute atomic E-state index is 11.7. The molecule has 0 heterocycles. The molecule has 18 heavy (non-hydrogen) atoms. The van der Waals surface area contributed by atoms with Crippen molar-refractivity contribution in [1.82, 2.24) is 5.32 Å². The van der Waals surface area contributed by atoms with Gasteiger partial charge in [0.15, 0.2) is 0 Å². The van der Waals surface area contributed by atoms with Crippen LogP contribution in [0.4, 0.5) is 0 Å². The van der Waals surface area contributed by atoms with E-state index in [1.165, 1.54) is 0 Å². The number of rotatable bonds is 6. The Balaban J connectivity index is 2.61. The third-order valence-electron chi connectivity index (χ3n) is 2.34. The molecule has 0 aliphatic carbocycles. The van der Waals surface area contributed by atoms with Crippen LogP contribution in [0.25, 0.3) is 0 Å². The first-order valence-corrected chi connectivity index (χ1v) is 5.34. The summed E-state index contributed by atoms with van der Waals surface area (Å²) in [6.45, 7) is 0. The fourth-order valence-corrected chi connectivity index (χ4v) is 1.36. The van der Waals surface area contributed by atoms with Crippen molar-refractivity contribution in [3.8, 4) is 0 Å². The molecule has 0 aliphatic heterocycles. The van der Waals surface area contributed by atoms with Crippen molar-refractivity contribution in [3.63, 3.8) is 0 Å². The van der Waals surface area contributed by atoms with Crippen LogP contribution < -0.4 is 11.1 Å². The molecule has 6 nitrogen and oxygen atoms in total. The zero-order chi connectivity index (χ0) is 13.5. The largest absolute Gasteiger partial charge is 0.480 e. The second-order valence-electron chi connectivity index (χ2n) is 3.76. The molecule has 0 aliphatic rings. The first kappa shape index (κ1) is 13.9. The zero-order valence-corrected chi connectivity index (χ0v) is 9.58. The molecule has 0 saturated carbocycles. The molecule has 96 valence electrons. The van der Waals surface area contributed by atoms with Crippen molar-refractivity contribution in [2.24, 2.45) is 5.73 Å². The summed E-state index contributed by atoms with van der Waals surface area (Å²) in [5.41, 5.74) is 5.69. The predicted octanol–water partition coefficient (Wildman–Crippen LogP) is -0.214. The number of nitrogens with one attached hydrogen (secondary N) is 1. The smallest absolute Gasteiger partial charge is 0.320 e. The molecule has 1 amide bonds. The van der Waals surface area contributed by atoms with Crippen molar-refractivity contribution in [2.45, 2.75) is 18.5 Å². The summed E-state index contributed by atoms with van der Waals surface area (Å²) in [6.07, 6.45) is 0.334. The first-order valence-electron chi connectivity index (χ1n) is 5.34. The Labute approximate surface area is 104 Å². The van der Waals surface area contributed by atoms with E-state index < -0.39 is 24.0 Å². The lowest BCUT2D eigenvalue weighted by molar-refractivity contribution is -0.138. The third-order valence-corrected chi connectivity index (χ3v) is 2.34. The van der Waals surface area contributed by atoms with Gasteiger partial charge in [0.05, 0.1) is 6.04 Å². The molecule has 0 spiro atoms. The van der Waals surface area contributed by atoms with Crippen LogP contribution in [0.5, 0.6) is 0 Å². The van der Waals surface area contributed by atoms with E-state index in [9.17, 15) is 14.4 Å². The van der Waals surface area contributed by atoms with Gasteiger partial charge in [0, 0.05) is 12.0 Å². The predicted molar refractivity (Wildman–Crippen MR) is 64.0 cm³/mol. The molecule has 1 aromatic rings. The van der Waals surface area contributed by atoms with Gasteiger partial charge in [-0.2, -0.15) is 0 Å². The molecule has 0 aromatic heterocycles. The number of carbonyl (C=O) groups is 3. The molecule has 1 aromatic carbocycles. The van der Waals surface area contributed by atoms with E-state index in [0.29, 0.717) is 11.8 Å². The van der Waals surface area contributed by atoms with Crippen LogP contribution >= 0.6 is 0 Å². The average Bonchev–Trinajstić information content (AvgIpc) is 2.38. The number of nitrogens with two attached hydrogens (primary N) is 1. The van der Waals surface area contributed by atoms with Crippen molar-refractivity contribution in [3.05, 3.63) is 35.9 Å². The second kappa shape index (κ2) is 6.51. The Bertz CT molecular complexity index is 433. The number of carboxylic acids is 1. The lowest BCUT2D eigenvalue weighted by Gasteiger charge is -2.14. The van der Waals surface area contributed by atoms with E-state index in [1.807, 2.05) is 0 Å². The second-order valence-corrected chi connectivity index (χ2v) is 3.76. The van der Waals surface area contributed by atoms with Gasteiger partial charge in [0.1, 0.15) is 12.3 Å². The normalized spacial score (nSPS) is 13.4. The Kier molecular flexibility index (Phi) is 5.01. The van der Waals surface area contributed by atoms with Gasteiger partial charge in [-0.3, -0.25) is 9.59 Å². The van der Waals surface area contributed by atoms with Gasteiger partial charge in [-0.05, 0) is 12.1 Å². The maximum atomic E-state index is 11.7. The highest BCUT2D eigenvalue weighted by Crippen LogP contribution is 2.01. The number of aliphatic carboxylic acids is 1. The molecule has 0 saturated heterocycles. The summed E-state index contributed by atoms with van der Waals surface area (Å²) < 4.78 is 0. The number of amides is 1. The summed E-state index contributed by atoms with van der Waals surface area (Å²) in [5.74, 6) is -1.65. The monoisotopic (exact) mass is 250 g/mol. The fourth-order valence-electron chi connectivity index (χ4n) is 1.36. The van der Waals surface area contributed by atoms with Gasteiger partial charge < -0.3 is 21.0 Å². The van der Waals surface area contributed by atoms with Gasteiger partial charge in [-0.25, -0.2) is 0 Å². The van der Waals surface area contributed by atoms with Crippen molar-refractivity contribution in [1.29, 1.82) is 0 Å². The minimum Gasteiger partial charge on any atom is -0.480 e. The number of carbonyl (C=O) groups excluding carboxylic acids is 2. The van der Waals surface area contributed by atoms with Crippen LogP contribution in [-0.4, -0.2) is 35.4 Å². The number of hydrogen-bond donors (Lipinski definition) is 3. The molecule has 6 heteroatoms. The molecule has 1 rings (SSSR count). The molecule has 2 atom stereocenters. The lowest BCUT2D eigenvalue weighted by Crippen LogP contribution is -2.43. The fraction of sp³-hybridized carbons (Fsp3) is 0.250. The van der Waals surface area contributed by atoms with Crippen LogP contribution in [-0.2, 0) is 9.59 Å². The topological polar surface area (TPSA) is 109 Å². The van der Waals surface area contributed by atoms with E-state index >= 15 is 0 Å². The van der Waals surface area contributed by atoms with Gasteiger partial charge in [-0.15, -0.1) is 0 Å². The van der Waals surface area contributed by atoms with E-state index in [1.54, 1.807) is 30.3 Å².